The van der Waals surface area contributed by atoms with Crippen molar-refractivity contribution in [1.82, 2.24) is 0 Å². The molecule has 0 saturated carbocycles. The van der Waals surface area contributed by atoms with E-state index in [1.807, 2.05) is 42.5 Å². The van der Waals surface area contributed by atoms with Gasteiger partial charge in [-0.3, -0.25) is 4.79 Å². The first-order chi connectivity index (χ1) is 11.4. The number of carbonyl (C=O) groups is 1. The first-order valence-corrected chi connectivity index (χ1v) is 8.28. The first-order valence-electron chi connectivity index (χ1n) is 8.28. The summed E-state index contributed by atoms with van der Waals surface area (Å²) in [6.45, 7) is 9.21. The average Bonchev–Trinajstić information content (AvgIpc) is 2.54. The number of ether oxygens (including phenoxy) is 1. The Labute approximate surface area is 144 Å². The number of hydrogen-bond donors (Lipinski definition) is 2. The van der Waals surface area contributed by atoms with Gasteiger partial charge < -0.3 is 15.4 Å². The standard InChI is InChI=1S/C20H26N2O2/c1-14(2)13-24-19-7-5-6-18(11-19)22-20(23)12-21-17-9-8-15(3)16(4)10-17/h5-11,14,21H,12-13H2,1-4H3,(H,22,23). The maximum atomic E-state index is 12.1. The highest BCUT2D eigenvalue weighted by atomic mass is 16.5. The summed E-state index contributed by atoms with van der Waals surface area (Å²) >= 11 is 0. The fourth-order valence-corrected chi connectivity index (χ4v) is 2.17. The Balaban J connectivity index is 1.87. The van der Waals surface area contributed by atoms with Crippen LogP contribution in [0.15, 0.2) is 42.5 Å². The number of rotatable bonds is 7. The summed E-state index contributed by atoms with van der Waals surface area (Å²) < 4.78 is 5.68. The lowest BCUT2D eigenvalue weighted by atomic mass is 10.1. The molecule has 24 heavy (non-hydrogen) atoms. The first kappa shape index (κ1) is 17.9. The zero-order chi connectivity index (χ0) is 17.5. The van der Waals surface area contributed by atoms with E-state index in [1.165, 1.54) is 11.1 Å². The predicted molar refractivity (Wildman–Crippen MR) is 99.8 cm³/mol. The number of aryl methyl sites for hydroxylation is 2. The van der Waals surface area contributed by atoms with Gasteiger partial charge in [-0.15, -0.1) is 0 Å². The lowest BCUT2D eigenvalue weighted by Gasteiger charge is -2.12. The largest absolute Gasteiger partial charge is 0.493 e. The fourth-order valence-electron chi connectivity index (χ4n) is 2.17. The van der Waals surface area contributed by atoms with Crippen LogP contribution in [0.1, 0.15) is 25.0 Å². The molecule has 0 heterocycles. The molecule has 0 bridgehead atoms. The molecule has 0 atom stereocenters. The third-order valence-corrected chi connectivity index (χ3v) is 3.66. The summed E-state index contributed by atoms with van der Waals surface area (Å²) in [6.07, 6.45) is 0. The van der Waals surface area contributed by atoms with Crippen LogP contribution in [0.2, 0.25) is 0 Å². The maximum absolute atomic E-state index is 12.1. The number of benzene rings is 2. The molecule has 0 radical (unpaired) electrons. The van der Waals surface area contributed by atoms with Crippen molar-refractivity contribution in [3.05, 3.63) is 53.6 Å². The van der Waals surface area contributed by atoms with Gasteiger partial charge in [0.15, 0.2) is 0 Å². The number of carbonyl (C=O) groups excluding carboxylic acids is 1. The third-order valence-electron chi connectivity index (χ3n) is 3.66. The lowest BCUT2D eigenvalue weighted by molar-refractivity contribution is -0.114. The van der Waals surface area contributed by atoms with E-state index in [1.54, 1.807) is 0 Å². The quantitative estimate of drug-likeness (QED) is 0.793. The van der Waals surface area contributed by atoms with Gasteiger partial charge in [0.05, 0.1) is 13.2 Å². The Morgan fingerprint density at radius 2 is 1.83 bits per heavy atom. The van der Waals surface area contributed by atoms with Crippen molar-refractivity contribution in [1.29, 1.82) is 0 Å². The summed E-state index contributed by atoms with van der Waals surface area (Å²) in [7, 11) is 0. The van der Waals surface area contributed by atoms with Gasteiger partial charge in [-0.25, -0.2) is 0 Å². The Kier molecular flexibility index (Phi) is 6.24. The lowest BCUT2D eigenvalue weighted by Crippen LogP contribution is -2.21. The Morgan fingerprint density at radius 1 is 1.04 bits per heavy atom. The SMILES string of the molecule is Cc1ccc(NCC(=O)Nc2cccc(OCC(C)C)c2)cc1C. The van der Waals surface area contributed by atoms with E-state index in [0.717, 1.165) is 17.1 Å². The molecule has 0 aliphatic carbocycles. The second-order valence-electron chi connectivity index (χ2n) is 6.43. The van der Waals surface area contributed by atoms with Gasteiger partial charge >= 0.3 is 0 Å². The summed E-state index contributed by atoms with van der Waals surface area (Å²) in [4.78, 5) is 12.1. The van der Waals surface area contributed by atoms with Gasteiger partial charge in [0.25, 0.3) is 0 Å². The van der Waals surface area contributed by atoms with E-state index < -0.39 is 0 Å². The molecule has 4 heteroatoms. The molecule has 2 rings (SSSR count). The molecule has 0 aliphatic heterocycles. The molecule has 2 aromatic rings. The molecule has 0 fully saturated rings. The number of anilines is 2. The van der Waals surface area contributed by atoms with E-state index in [0.29, 0.717) is 12.5 Å². The van der Waals surface area contributed by atoms with Crippen LogP contribution in [0.3, 0.4) is 0 Å². The van der Waals surface area contributed by atoms with E-state index in [2.05, 4.69) is 38.3 Å². The molecule has 2 aromatic carbocycles. The van der Waals surface area contributed by atoms with Gasteiger partial charge in [-0.2, -0.15) is 0 Å². The highest BCUT2D eigenvalue weighted by Gasteiger charge is 2.05. The molecule has 2 N–H and O–H groups in total. The van der Waals surface area contributed by atoms with Gasteiger partial charge in [0.1, 0.15) is 5.75 Å². The van der Waals surface area contributed by atoms with Crippen molar-refractivity contribution in [3.8, 4) is 5.75 Å². The molecule has 0 aliphatic rings. The maximum Gasteiger partial charge on any atom is 0.243 e. The van der Waals surface area contributed by atoms with Crippen LogP contribution in [0.4, 0.5) is 11.4 Å². The minimum absolute atomic E-state index is 0.0887. The molecule has 0 aromatic heterocycles. The summed E-state index contributed by atoms with van der Waals surface area (Å²) in [6, 6.07) is 13.5. The van der Waals surface area contributed by atoms with Crippen molar-refractivity contribution >= 4 is 17.3 Å². The second-order valence-corrected chi connectivity index (χ2v) is 6.43. The fraction of sp³-hybridized carbons (Fsp3) is 0.350. The van der Waals surface area contributed by atoms with E-state index in [-0.39, 0.29) is 12.5 Å². The molecule has 0 unspecified atom stereocenters. The molecular weight excluding hydrogens is 300 g/mol. The van der Waals surface area contributed by atoms with Crippen LogP contribution in [-0.2, 0) is 4.79 Å². The Morgan fingerprint density at radius 3 is 2.54 bits per heavy atom. The van der Waals surface area contributed by atoms with Crippen LogP contribution < -0.4 is 15.4 Å². The average molecular weight is 326 g/mol. The summed E-state index contributed by atoms with van der Waals surface area (Å²) in [5, 5.41) is 6.03. The smallest absolute Gasteiger partial charge is 0.243 e. The molecular formula is C20H26N2O2. The van der Waals surface area contributed by atoms with Crippen LogP contribution in [0.5, 0.6) is 5.75 Å². The van der Waals surface area contributed by atoms with E-state index >= 15 is 0 Å². The number of nitrogens with one attached hydrogen (secondary N) is 2. The zero-order valence-corrected chi connectivity index (χ0v) is 14.8. The van der Waals surface area contributed by atoms with Crippen LogP contribution in [0.25, 0.3) is 0 Å². The van der Waals surface area contributed by atoms with Crippen molar-refractivity contribution < 1.29 is 9.53 Å². The summed E-state index contributed by atoms with van der Waals surface area (Å²) in [5.74, 6) is 1.14. The van der Waals surface area contributed by atoms with Crippen LogP contribution in [0, 0.1) is 19.8 Å². The third kappa shape index (κ3) is 5.61. The molecule has 128 valence electrons. The van der Waals surface area contributed by atoms with Crippen LogP contribution in [-0.4, -0.2) is 19.1 Å². The van der Waals surface area contributed by atoms with Gasteiger partial charge in [-0.05, 0) is 55.2 Å². The monoisotopic (exact) mass is 326 g/mol. The van der Waals surface area contributed by atoms with Gasteiger partial charge in [0.2, 0.25) is 5.91 Å². The second kappa shape index (κ2) is 8.39. The number of hydrogen-bond acceptors (Lipinski definition) is 3. The molecule has 0 saturated heterocycles. The van der Waals surface area contributed by atoms with Gasteiger partial charge in [0, 0.05) is 17.4 Å². The number of amides is 1. The van der Waals surface area contributed by atoms with Crippen molar-refractivity contribution in [2.45, 2.75) is 27.7 Å². The topological polar surface area (TPSA) is 50.4 Å². The summed E-state index contributed by atoms with van der Waals surface area (Å²) in [5.41, 5.74) is 4.13. The minimum atomic E-state index is -0.0887. The Hall–Kier alpha value is -2.49. The van der Waals surface area contributed by atoms with Gasteiger partial charge in [-0.1, -0.05) is 26.0 Å². The van der Waals surface area contributed by atoms with Crippen molar-refractivity contribution in [3.63, 3.8) is 0 Å². The van der Waals surface area contributed by atoms with Crippen molar-refractivity contribution in [2.75, 3.05) is 23.8 Å². The molecule has 1 amide bonds. The van der Waals surface area contributed by atoms with E-state index in [9.17, 15) is 4.79 Å². The highest BCUT2D eigenvalue weighted by molar-refractivity contribution is 5.93. The Bertz CT molecular complexity index is 696. The molecule has 4 nitrogen and oxygen atoms in total. The van der Waals surface area contributed by atoms with E-state index in [4.69, 9.17) is 4.74 Å². The predicted octanol–water partition coefficient (Wildman–Crippen LogP) is 4.39. The normalized spacial score (nSPS) is 10.5. The highest BCUT2D eigenvalue weighted by Crippen LogP contribution is 2.18. The molecule has 0 spiro atoms. The van der Waals surface area contributed by atoms with Crippen LogP contribution >= 0.6 is 0 Å². The minimum Gasteiger partial charge on any atom is -0.493 e. The zero-order valence-electron chi connectivity index (χ0n) is 14.8. The van der Waals surface area contributed by atoms with Crippen molar-refractivity contribution in [2.24, 2.45) is 5.92 Å².